The van der Waals surface area contributed by atoms with Crippen LogP contribution in [0.1, 0.15) is 32.1 Å². The number of nitrogens with one attached hydrogen (secondary N) is 1. The van der Waals surface area contributed by atoms with Crippen LogP contribution in [0.5, 0.6) is 0 Å². The van der Waals surface area contributed by atoms with Crippen molar-refractivity contribution in [1.29, 1.82) is 0 Å². The number of likely N-dealkylation sites (tertiary alicyclic amines) is 1. The van der Waals surface area contributed by atoms with Crippen LogP contribution in [0, 0.1) is 5.92 Å². The second-order valence-electron chi connectivity index (χ2n) is 4.76. The summed E-state index contributed by atoms with van der Waals surface area (Å²) in [5, 5.41) is 3.60. The monoisotopic (exact) mass is 182 g/mol. The van der Waals surface area contributed by atoms with Crippen LogP contribution in [-0.4, -0.2) is 37.6 Å². The van der Waals surface area contributed by atoms with E-state index in [1.165, 1.54) is 51.7 Å². The maximum atomic E-state index is 3.60. The molecule has 1 saturated heterocycles. The second-order valence-corrected chi connectivity index (χ2v) is 4.76. The predicted molar refractivity (Wildman–Crippen MR) is 55.9 cm³/mol. The number of rotatable bonds is 4. The highest BCUT2D eigenvalue weighted by molar-refractivity contribution is 4.81. The highest BCUT2D eigenvalue weighted by Crippen LogP contribution is 2.21. The summed E-state index contributed by atoms with van der Waals surface area (Å²) in [5.41, 5.74) is 0. The summed E-state index contributed by atoms with van der Waals surface area (Å²) in [6.45, 7) is 3.89. The molecule has 0 aromatic rings. The van der Waals surface area contributed by atoms with E-state index in [0.717, 1.165) is 12.0 Å². The van der Waals surface area contributed by atoms with Crippen LogP contribution >= 0.6 is 0 Å². The maximum Gasteiger partial charge on any atom is 0.00682 e. The predicted octanol–water partition coefficient (Wildman–Crippen LogP) is 1.47. The van der Waals surface area contributed by atoms with Crippen LogP contribution < -0.4 is 5.32 Å². The Bertz CT molecular complexity index is 146. The molecule has 0 amide bonds. The first-order valence-electron chi connectivity index (χ1n) is 5.76. The van der Waals surface area contributed by atoms with Gasteiger partial charge in [0.2, 0.25) is 0 Å². The van der Waals surface area contributed by atoms with Gasteiger partial charge in [-0.25, -0.2) is 0 Å². The van der Waals surface area contributed by atoms with Crippen LogP contribution in [0.2, 0.25) is 0 Å². The van der Waals surface area contributed by atoms with Gasteiger partial charge in [0.1, 0.15) is 0 Å². The molecule has 0 unspecified atom stereocenters. The topological polar surface area (TPSA) is 15.3 Å². The van der Waals surface area contributed by atoms with E-state index in [2.05, 4.69) is 17.3 Å². The zero-order chi connectivity index (χ0) is 9.10. The molecule has 2 rings (SSSR count). The van der Waals surface area contributed by atoms with Gasteiger partial charge in [0.05, 0.1) is 0 Å². The van der Waals surface area contributed by atoms with Crippen LogP contribution in [0.25, 0.3) is 0 Å². The maximum absolute atomic E-state index is 3.60. The van der Waals surface area contributed by atoms with Crippen LogP contribution in [0.15, 0.2) is 0 Å². The smallest absolute Gasteiger partial charge is 0.00682 e. The SMILES string of the molecule is CN1CCC(CCNC2CC2)CC1. The fourth-order valence-electron chi connectivity index (χ4n) is 2.13. The van der Waals surface area contributed by atoms with Crippen molar-refractivity contribution in [2.75, 3.05) is 26.7 Å². The summed E-state index contributed by atoms with van der Waals surface area (Å²) in [5.74, 6) is 1.00. The zero-order valence-corrected chi connectivity index (χ0v) is 8.76. The van der Waals surface area contributed by atoms with E-state index in [4.69, 9.17) is 0 Å². The molecule has 0 spiro atoms. The molecule has 76 valence electrons. The molecule has 1 saturated carbocycles. The molecular formula is C11H22N2. The molecule has 0 atom stereocenters. The van der Waals surface area contributed by atoms with Crippen molar-refractivity contribution in [2.45, 2.75) is 38.1 Å². The van der Waals surface area contributed by atoms with Crippen LogP contribution in [0.4, 0.5) is 0 Å². The van der Waals surface area contributed by atoms with Crippen molar-refractivity contribution in [2.24, 2.45) is 5.92 Å². The first-order valence-corrected chi connectivity index (χ1v) is 5.76. The van der Waals surface area contributed by atoms with E-state index in [1.54, 1.807) is 0 Å². The quantitative estimate of drug-likeness (QED) is 0.708. The average molecular weight is 182 g/mol. The van der Waals surface area contributed by atoms with Gasteiger partial charge in [-0.05, 0) is 64.7 Å². The number of hydrogen-bond donors (Lipinski definition) is 1. The van der Waals surface area contributed by atoms with Crippen molar-refractivity contribution in [3.05, 3.63) is 0 Å². The summed E-state index contributed by atoms with van der Waals surface area (Å²) < 4.78 is 0. The lowest BCUT2D eigenvalue weighted by Gasteiger charge is -2.28. The lowest BCUT2D eigenvalue weighted by Crippen LogP contribution is -2.31. The van der Waals surface area contributed by atoms with Gasteiger partial charge < -0.3 is 10.2 Å². The van der Waals surface area contributed by atoms with E-state index < -0.39 is 0 Å². The summed E-state index contributed by atoms with van der Waals surface area (Å²) in [6.07, 6.45) is 7.09. The van der Waals surface area contributed by atoms with E-state index in [0.29, 0.717) is 0 Å². The third-order valence-corrected chi connectivity index (χ3v) is 3.40. The molecule has 0 aromatic heterocycles. The number of piperidine rings is 1. The van der Waals surface area contributed by atoms with Crippen molar-refractivity contribution in [1.82, 2.24) is 10.2 Å². The molecule has 2 fully saturated rings. The molecule has 2 heteroatoms. The molecule has 2 nitrogen and oxygen atoms in total. The van der Waals surface area contributed by atoms with Gasteiger partial charge in [0.15, 0.2) is 0 Å². The highest BCUT2D eigenvalue weighted by atomic mass is 15.1. The first kappa shape index (κ1) is 9.47. The largest absolute Gasteiger partial charge is 0.314 e. The third-order valence-electron chi connectivity index (χ3n) is 3.40. The number of hydrogen-bond acceptors (Lipinski definition) is 2. The van der Waals surface area contributed by atoms with Crippen LogP contribution in [-0.2, 0) is 0 Å². The van der Waals surface area contributed by atoms with Gasteiger partial charge in [0, 0.05) is 6.04 Å². The minimum Gasteiger partial charge on any atom is -0.314 e. The lowest BCUT2D eigenvalue weighted by molar-refractivity contribution is 0.211. The van der Waals surface area contributed by atoms with Gasteiger partial charge in [-0.1, -0.05) is 0 Å². The van der Waals surface area contributed by atoms with E-state index in [-0.39, 0.29) is 0 Å². The lowest BCUT2D eigenvalue weighted by atomic mass is 9.94. The van der Waals surface area contributed by atoms with Gasteiger partial charge in [-0.3, -0.25) is 0 Å². The Balaban J connectivity index is 1.53. The molecule has 1 aliphatic carbocycles. The molecule has 0 radical (unpaired) electrons. The molecule has 13 heavy (non-hydrogen) atoms. The Hall–Kier alpha value is -0.0800. The Labute approximate surface area is 81.7 Å². The molecular weight excluding hydrogens is 160 g/mol. The fourth-order valence-corrected chi connectivity index (χ4v) is 2.13. The Kier molecular flexibility index (Phi) is 3.23. The van der Waals surface area contributed by atoms with Crippen molar-refractivity contribution in [3.8, 4) is 0 Å². The normalized spacial score (nSPS) is 26.5. The summed E-state index contributed by atoms with van der Waals surface area (Å²) >= 11 is 0. The Morgan fingerprint density at radius 3 is 2.46 bits per heavy atom. The summed E-state index contributed by atoms with van der Waals surface area (Å²) in [7, 11) is 2.23. The van der Waals surface area contributed by atoms with Gasteiger partial charge in [-0.2, -0.15) is 0 Å². The standard InChI is InChI=1S/C11H22N2/c1-13-8-5-10(6-9-13)4-7-12-11-2-3-11/h10-12H,2-9H2,1H3. The zero-order valence-electron chi connectivity index (χ0n) is 8.76. The van der Waals surface area contributed by atoms with Crippen LogP contribution in [0.3, 0.4) is 0 Å². The highest BCUT2D eigenvalue weighted by Gasteiger charge is 2.21. The summed E-state index contributed by atoms with van der Waals surface area (Å²) in [4.78, 5) is 2.45. The average Bonchev–Trinajstić information content (AvgIpc) is 2.92. The third kappa shape index (κ3) is 3.28. The van der Waals surface area contributed by atoms with E-state index in [1.807, 2.05) is 0 Å². The molecule has 2 aliphatic rings. The molecule has 0 bridgehead atoms. The number of nitrogens with zero attached hydrogens (tertiary/aromatic N) is 1. The van der Waals surface area contributed by atoms with Crippen molar-refractivity contribution >= 4 is 0 Å². The fraction of sp³-hybridized carbons (Fsp3) is 1.00. The molecule has 0 aromatic carbocycles. The van der Waals surface area contributed by atoms with E-state index >= 15 is 0 Å². The minimum atomic E-state index is 0.895. The summed E-state index contributed by atoms with van der Waals surface area (Å²) in [6, 6.07) is 0.895. The molecule has 1 N–H and O–H groups in total. The molecule has 1 heterocycles. The van der Waals surface area contributed by atoms with E-state index in [9.17, 15) is 0 Å². The van der Waals surface area contributed by atoms with Gasteiger partial charge in [0.25, 0.3) is 0 Å². The van der Waals surface area contributed by atoms with Crippen molar-refractivity contribution < 1.29 is 0 Å². The van der Waals surface area contributed by atoms with Gasteiger partial charge in [-0.15, -0.1) is 0 Å². The minimum absolute atomic E-state index is 0.895. The first-order chi connectivity index (χ1) is 6.34. The second kappa shape index (κ2) is 4.43. The Morgan fingerprint density at radius 2 is 1.85 bits per heavy atom. The van der Waals surface area contributed by atoms with Gasteiger partial charge >= 0.3 is 0 Å². The molecule has 1 aliphatic heterocycles. The Morgan fingerprint density at radius 1 is 1.15 bits per heavy atom. The van der Waals surface area contributed by atoms with Crippen molar-refractivity contribution in [3.63, 3.8) is 0 Å².